The van der Waals surface area contributed by atoms with Crippen molar-refractivity contribution in [3.05, 3.63) is 59.9 Å². The molecule has 0 aliphatic rings. The number of rotatable bonds is 4. The standard InChI is InChI=1S/C14H14FNO/c1-16-10-11-6-8-12(9-7-11)17-14-5-3-2-4-13(14)15/h2-9,16H,10H2,1H3. The van der Waals surface area contributed by atoms with E-state index in [4.69, 9.17) is 4.74 Å². The molecule has 0 heterocycles. The second kappa shape index (κ2) is 5.46. The minimum Gasteiger partial charge on any atom is -0.454 e. The molecule has 0 atom stereocenters. The zero-order chi connectivity index (χ0) is 12.1. The second-order valence-electron chi connectivity index (χ2n) is 3.71. The highest BCUT2D eigenvalue weighted by molar-refractivity contribution is 5.33. The molecule has 0 amide bonds. The fourth-order valence-corrected chi connectivity index (χ4v) is 1.53. The van der Waals surface area contributed by atoms with Crippen LogP contribution in [0.3, 0.4) is 0 Å². The van der Waals surface area contributed by atoms with Gasteiger partial charge < -0.3 is 10.1 Å². The van der Waals surface area contributed by atoms with Crippen molar-refractivity contribution in [2.75, 3.05) is 7.05 Å². The van der Waals surface area contributed by atoms with Gasteiger partial charge in [0.1, 0.15) is 5.75 Å². The number of nitrogens with one attached hydrogen (secondary N) is 1. The van der Waals surface area contributed by atoms with Crippen molar-refractivity contribution in [2.24, 2.45) is 0 Å². The van der Waals surface area contributed by atoms with E-state index in [9.17, 15) is 4.39 Å². The van der Waals surface area contributed by atoms with Crippen LogP contribution in [-0.4, -0.2) is 7.05 Å². The van der Waals surface area contributed by atoms with Crippen LogP contribution < -0.4 is 10.1 Å². The SMILES string of the molecule is CNCc1ccc(Oc2ccccc2F)cc1. The third-order valence-corrected chi connectivity index (χ3v) is 2.37. The Morgan fingerprint density at radius 2 is 1.76 bits per heavy atom. The number of halogens is 1. The van der Waals surface area contributed by atoms with Gasteiger partial charge in [-0.05, 0) is 36.9 Å². The van der Waals surface area contributed by atoms with Crippen molar-refractivity contribution in [3.8, 4) is 11.5 Å². The molecule has 0 fully saturated rings. The Bertz CT molecular complexity index is 482. The number of hydrogen-bond donors (Lipinski definition) is 1. The lowest BCUT2D eigenvalue weighted by molar-refractivity contribution is 0.442. The summed E-state index contributed by atoms with van der Waals surface area (Å²) in [7, 11) is 1.89. The van der Waals surface area contributed by atoms with E-state index in [1.807, 2.05) is 31.3 Å². The van der Waals surface area contributed by atoms with Crippen molar-refractivity contribution in [1.29, 1.82) is 0 Å². The zero-order valence-electron chi connectivity index (χ0n) is 9.61. The van der Waals surface area contributed by atoms with Gasteiger partial charge in [-0.2, -0.15) is 0 Å². The molecular formula is C14H14FNO. The number of hydrogen-bond acceptors (Lipinski definition) is 2. The summed E-state index contributed by atoms with van der Waals surface area (Å²) in [5.41, 5.74) is 1.16. The Hall–Kier alpha value is -1.87. The van der Waals surface area contributed by atoms with Gasteiger partial charge in [-0.25, -0.2) is 4.39 Å². The largest absolute Gasteiger partial charge is 0.454 e. The van der Waals surface area contributed by atoms with E-state index in [1.54, 1.807) is 18.2 Å². The Kier molecular flexibility index (Phi) is 3.73. The van der Waals surface area contributed by atoms with E-state index >= 15 is 0 Å². The molecule has 0 unspecified atom stereocenters. The van der Waals surface area contributed by atoms with Crippen LogP contribution in [0.4, 0.5) is 4.39 Å². The summed E-state index contributed by atoms with van der Waals surface area (Å²) >= 11 is 0. The van der Waals surface area contributed by atoms with Gasteiger partial charge in [0.2, 0.25) is 0 Å². The Morgan fingerprint density at radius 1 is 1.06 bits per heavy atom. The van der Waals surface area contributed by atoms with E-state index in [2.05, 4.69) is 5.32 Å². The Balaban J connectivity index is 2.11. The monoisotopic (exact) mass is 231 g/mol. The molecule has 0 aliphatic carbocycles. The van der Waals surface area contributed by atoms with Crippen LogP contribution in [0.5, 0.6) is 11.5 Å². The highest BCUT2D eigenvalue weighted by atomic mass is 19.1. The van der Waals surface area contributed by atoms with Gasteiger partial charge in [0, 0.05) is 6.54 Å². The summed E-state index contributed by atoms with van der Waals surface area (Å²) < 4.78 is 18.8. The van der Waals surface area contributed by atoms with Gasteiger partial charge in [-0.15, -0.1) is 0 Å². The summed E-state index contributed by atoms with van der Waals surface area (Å²) in [4.78, 5) is 0. The average molecular weight is 231 g/mol. The maximum Gasteiger partial charge on any atom is 0.165 e. The lowest BCUT2D eigenvalue weighted by Gasteiger charge is -2.07. The molecule has 17 heavy (non-hydrogen) atoms. The Morgan fingerprint density at radius 3 is 2.41 bits per heavy atom. The molecule has 0 saturated heterocycles. The maximum atomic E-state index is 13.3. The zero-order valence-corrected chi connectivity index (χ0v) is 9.61. The topological polar surface area (TPSA) is 21.3 Å². The third kappa shape index (κ3) is 3.04. The van der Waals surface area contributed by atoms with E-state index in [1.165, 1.54) is 6.07 Å². The Labute approximate surface area is 100 Å². The van der Waals surface area contributed by atoms with Gasteiger partial charge in [0.25, 0.3) is 0 Å². The molecule has 88 valence electrons. The lowest BCUT2D eigenvalue weighted by Crippen LogP contribution is -2.04. The molecule has 0 radical (unpaired) electrons. The molecule has 0 saturated carbocycles. The first-order valence-electron chi connectivity index (χ1n) is 5.45. The quantitative estimate of drug-likeness (QED) is 0.871. The maximum absolute atomic E-state index is 13.3. The summed E-state index contributed by atoms with van der Waals surface area (Å²) in [6, 6.07) is 13.9. The van der Waals surface area contributed by atoms with Crippen LogP contribution in [-0.2, 0) is 6.54 Å². The number of para-hydroxylation sites is 1. The van der Waals surface area contributed by atoms with Gasteiger partial charge in [-0.1, -0.05) is 24.3 Å². The fourth-order valence-electron chi connectivity index (χ4n) is 1.53. The fraction of sp³-hybridized carbons (Fsp3) is 0.143. The molecule has 2 rings (SSSR count). The molecule has 0 aliphatic heterocycles. The summed E-state index contributed by atoms with van der Waals surface area (Å²) in [6.07, 6.45) is 0. The average Bonchev–Trinajstić information content (AvgIpc) is 2.35. The normalized spacial score (nSPS) is 10.2. The first-order chi connectivity index (χ1) is 8.29. The van der Waals surface area contributed by atoms with Crippen LogP contribution in [0.1, 0.15) is 5.56 Å². The molecular weight excluding hydrogens is 217 g/mol. The van der Waals surface area contributed by atoms with Gasteiger partial charge >= 0.3 is 0 Å². The molecule has 2 aromatic rings. The molecule has 0 spiro atoms. The van der Waals surface area contributed by atoms with E-state index in [0.717, 1.165) is 12.1 Å². The molecule has 2 aromatic carbocycles. The van der Waals surface area contributed by atoms with Crippen molar-refractivity contribution in [3.63, 3.8) is 0 Å². The second-order valence-corrected chi connectivity index (χ2v) is 3.71. The minimum absolute atomic E-state index is 0.244. The summed E-state index contributed by atoms with van der Waals surface area (Å²) in [6.45, 7) is 0.806. The number of ether oxygens (including phenoxy) is 1. The molecule has 3 heteroatoms. The predicted molar refractivity (Wildman–Crippen MR) is 65.7 cm³/mol. The van der Waals surface area contributed by atoms with Gasteiger partial charge in [0.05, 0.1) is 0 Å². The van der Waals surface area contributed by atoms with Gasteiger partial charge in [0.15, 0.2) is 11.6 Å². The summed E-state index contributed by atoms with van der Waals surface area (Å²) in [5.74, 6) is 0.524. The van der Waals surface area contributed by atoms with Gasteiger partial charge in [-0.3, -0.25) is 0 Å². The van der Waals surface area contributed by atoms with E-state index in [0.29, 0.717) is 5.75 Å². The van der Waals surface area contributed by atoms with Crippen molar-refractivity contribution < 1.29 is 9.13 Å². The molecule has 0 bridgehead atoms. The minimum atomic E-state index is -0.355. The van der Waals surface area contributed by atoms with Crippen LogP contribution in [0.25, 0.3) is 0 Å². The third-order valence-electron chi connectivity index (χ3n) is 2.37. The highest BCUT2D eigenvalue weighted by Gasteiger charge is 2.02. The molecule has 2 nitrogen and oxygen atoms in total. The molecule has 0 aromatic heterocycles. The predicted octanol–water partition coefficient (Wildman–Crippen LogP) is 3.34. The number of benzene rings is 2. The first kappa shape index (κ1) is 11.6. The van der Waals surface area contributed by atoms with Crippen LogP contribution in [0.2, 0.25) is 0 Å². The van der Waals surface area contributed by atoms with Crippen molar-refractivity contribution in [2.45, 2.75) is 6.54 Å². The summed E-state index contributed by atoms with van der Waals surface area (Å²) in [5, 5.41) is 3.06. The smallest absolute Gasteiger partial charge is 0.165 e. The first-order valence-corrected chi connectivity index (χ1v) is 5.45. The van der Waals surface area contributed by atoms with Crippen molar-refractivity contribution in [1.82, 2.24) is 5.32 Å². The van der Waals surface area contributed by atoms with Crippen molar-refractivity contribution >= 4 is 0 Å². The van der Waals surface area contributed by atoms with Crippen LogP contribution >= 0.6 is 0 Å². The highest BCUT2D eigenvalue weighted by Crippen LogP contribution is 2.24. The van der Waals surface area contributed by atoms with Crippen LogP contribution in [0, 0.1) is 5.82 Å². The lowest BCUT2D eigenvalue weighted by atomic mass is 10.2. The van der Waals surface area contributed by atoms with Crippen LogP contribution in [0.15, 0.2) is 48.5 Å². The molecule has 1 N–H and O–H groups in total. The van der Waals surface area contributed by atoms with E-state index in [-0.39, 0.29) is 11.6 Å². The van der Waals surface area contributed by atoms with E-state index < -0.39 is 0 Å².